The normalized spacial score (nSPS) is 22.5. The molecule has 0 bridgehead atoms. The van der Waals surface area contributed by atoms with Crippen molar-refractivity contribution in [2.24, 2.45) is 0 Å². The van der Waals surface area contributed by atoms with E-state index < -0.39 is 0 Å². The maximum absolute atomic E-state index is 12.7. The number of ether oxygens (including phenoxy) is 1. The number of aromatic hydroxyl groups is 1. The highest BCUT2D eigenvalue weighted by Crippen LogP contribution is 2.27. The smallest absolute Gasteiger partial charge is 0.257 e. The van der Waals surface area contributed by atoms with Crippen molar-refractivity contribution in [2.45, 2.75) is 26.1 Å². The molecule has 1 aliphatic rings. The van der Waals surface area contributed by atoms with Crippen molar-refractivity contribution < 1.29 is 14.6 Å². The third-order valence-corrected chi connectivity index (χ3v) is 3.80. The zero-order valence-corrected chi connectivity index (χ0v) is 12.2. The molecule has 21 heavy (non-hydrogen) atoms. The van der Waals surface area contributed by atoms with Crippen LogP contribution in [-0.2, 0) is 4.74 Å². The van der Waals surface area contributed by atoms with Gasteiger partial charge < -0.3 is 14.7 Å². The second kappa shape index (κ2) is 5.37. The van der Waals surface area contributed by atoms with Gasteiger partial charge in [0.15, 0.2) is 0 Å². The molecule has 0 unspecified atom stereocenters. The van der Waals surface area contributed by atoms with Crippen molar-refractivity contribution in [1.29, 1.82) is 0 Å². The maximum Gasteiger partial charge on any atom is 0.257 e. The Bertz CT molecular complexity index is 673. The predicted octanol–water partition coefficient (Wildman–Crippen LogP) is 2.79. The summed E-state index contributed by atoms with van der Waals surface area (Å²) in [5.41, 5.74) is 0.356. The van der Waals surface area contributed by atoms with Crippen LogP contribution in [-0.4, -0.2) is 41.2 Å². The van der Waals surface area contributed by atoms with Gasteiger partial charge in [-0.1, -0.05) is 24.3 Å². The van der Waals surface area contributed by atoms with Crippen LogP contribution in [0.3, 0.4) is 0 Å². The average Bonchev–Trinajstić information content (AvgIpc) is 2.44. The number of hydrogen-bond acceptors (Lipinski definition) is 3. The van der Waals surface area contributed by atoms with Crippen LogP contribution in [0.15, 0.2) is 36.4 Å². The van der Waals surface area contributed by atoms with Gasteiger partial charge in [0.25, 0.3) is 5.91 Å². The number of rotatable bonds is 1. The molecule has 2 aromatic rings. The largest absolute Gasteiger partial charge is 0.507 e. The highest BCUT2D eigenvalue weighted by molar-refractivity contribution is 6.01. The minimum atomic E-state index is -0.139. The van der Waals surface area contributed by atoms with Crippen LogP contribution < -0.4 is 0 Å². The molecule has 2 aromatic carbocycles. The SMILES string of the molecule is C[C@@H]1CN(C(=O)c2cc3ccccc3cc2O)C[C@H](C)O1. The van der Waals surface area contributed by atoms with Crippen LogP contribution in [0.25, 0.3) is 10.8 Å². The predicted molar refractivity (Wildman–Crippen MR) is 81.5 cm³/mol. The molecular formula is C17H19NO3. The maximum atomic E-state index is 12.7. The number of carbonyl (C=O) groups is 1. The fourth-order valence-corrected chi connectivity index (χ4v) is 2.91. The van der Waals surface area contributed by atoms with E-state index in [9.17, 15) is 9.90 Å². The molecule has 1 saturated heterocycles. The Hall–Kier alpha value is -2.07. The third kappa shape index (κ3) is 2.72. The fourth-order valence-electron chi connectivity index (χ4n) is 2.91. The monoisotopic (exact) mass is 285 g/mol. The lowest BCUT2D eigenvalue weighted by atomic mass is 10.0. The molecule has 4 nitrogen and oxygen atoms in total. The van der Waals surface area contributed by atoms with E-state index in [-0.39, 0.29) is 23.9 Å². The molecule has 1 N–H and O–H groups in total. The van der Waals surface area contributed by atoms with E-state index in [0.717, 1.165) is 10.8 Å². The molecule has 4 heteroatoms. The molecule has 2 atom stereocenters. The fraction of sp³-hybridized carbons (Fsp3) is 0.353. The Kier molecular flexibility index (Phi) is 3.55. The Balaban J connectivity index is 1.95. The van der Waals surface area contributed by atoms with Gasteiger partial charge in [-0.25, -0.2) is 0 Å². The molecule has 1 amide bonds. The minimum Gasteiger partial charge on any atom is -0.507 e. The number of amides is 1. The van der Waals surface area contributed by atoms with Crippen LogP contribution in [0.2, 0.25) is 0 Å². The highest BCUT2D eigenvalue weighted by atomic mass is 16.5. The number of nitrogens with zero attached hydrogens (tertiary/aromatic N) is 1. The van der Waals surface area contributed by atoms with Crippen LogP contribution >= 0.6 is 0 Å². The number of hydrogen-bond donors (Lipinski definition) is 1. The van der Waals surface area contributed by atoms with E-state index in [1.807, 2.05) is 38.1 Å². The number of phenols is 1. The van der Waals surface area contributed by atoms with Gasteiger partial charge in [0.1, 0.15) is 5.75 Å². The molecular weight excluding hydrogens is 266 g/mol. The van der Waals surface area contributed by atoms with E-state index in [1.54, 1.807) is 17.0 Å². The molecule has 1 heterocycles. The average molecular weight is 285 g/mol. The first-order chi connectivity index (χ1) is 10.0. The van der Waals surface area contributed by atoms with E-state index in [1.165, 1.54) is 0 Å². The molecule has 0 saturated carbocycles. The van der Waals surface area contributed by atoms with Gasteiger partial charge in [-0.15, -0.1) is 0 Å². The van der Waals surface area contributed by atoms with Crippen molar-refractivity contribution >= 4 is 16.7 Å². The molecule has 110 valence electrons. The standard InChI is InChI=1S/C17H19NO3/c1-11-9-18(10-12(2)21-11)17(20)15-7-13-5-3-4-6-14(13)8-16(15)19/h3-8,11-12,19H,9-10H2,1-2H3/t11-,12+. The summed E-state index contributed by atoms with van der Waals surface area (Å²) in [4.78, 5) is 14.4. The summed E-state index contributed by atoms with van der Waals surface area (Å²) in [7, 11) is 0. The lowest BCUT2D eigenvalue weighted by Crippen LogP contribution is -2.48. The molecule has 1 fully saturated rings. The Morgan fingerprint density at radius 2 is 1.71 bits per heavy atom. The summed E-state index contributed by atoms with van der Waals surface area (Å²) < 4.78 is 5.65. The van der Waals surface area contributed by atoms with E-state index in [4.69, 9.17) is 4.74 Å². The zero-order valence-electron chi connectivity index (χ0n) is 12.2. The molecule has 3 rings (SSSR count). The zero-order chi connectivity index (χ0) is 15.0. The Labute approximate surface area is 123 Å². The number of phenolic OH excluding ortho intramolecular Hbond substituents is 1. The van der Waals surface area contributed by atoms with Crippen LogP contribution in [0.4, 0.5) is 0 Å². The minimum absolute atomic E-state index is 0.0142. The Morgan fingerprint density at radius 3 is 2.33 bits per heavy atom. The summed E-state index contributed by atoms with van der Waals surface area (Å²) in [6, 6.07) is 11.1. The number of morpholine rings is 1. The van der Waals surface area contributed by atoms with Crippen LogP contribution in [0.5, 0.6) is 5.75 Å². The van der Waals surface area contributed by atoms with E-state index in [2.05, 4.69) is 0 Å². The summed E-state index contributed by atoms with van der Waals surface area (Å²) >= 11 is 0. The summed E-state index contributed by atoms with van der Waals surface area (Å²) in [5, 5.41) is 12.0. The quantitative estimate of drug-likeness (QED) is 0.876. The summed E-state index contributed by atoms with van der Waals surface area (Å²) in [6.45, 7) is 5.01. The van der Waals surface area contributed by atoms with Gasteiger partial charge in [-0.05, 0) is 36.8 Å². The second-order valence-electron chi connectivity index (χ2n) is 5.68. The van der Waals surface area contributed by atoms with Crippen LogP contribution in [0.1, 0.15) is 24.2 Å². The van der Waals surface area contributed by atoms with Gasteiger partial charge in [0.05, 0.1) is 17.8 Å². The number of benzene rings is 2. The van der Waals surface area contributed by atoms with Gasteiger partial charge in [0.2, 0.25) is 0 Å². The van der Waals surface area contributed by atoms with Crippen molar-refractivity contribution in [3.63, 3.8) is 0 Å². The Morgan fingerprint density at radius 1 is 1.14 bits per heavy atom. The third-order valence-electron chi connectivity index (χ3n) is 3.80. The first kappa shape index (κ1) is 13.9. The van der Waals surface area contributed by atoms with Crippen molar-refractivity contribution in [3.8, 4) is 5.75 Å². The van der Waals surface area contributed by atoms with Gasteiger partial charge in [-0.2, -0.15) is 0 Å². The molecule has 0 aliphatic carbocycles. The van der Waals surface area contributed by atoms with Crippen molar-refractivity contribution in [2.75, 3.05) is 13.1 Å². The van der Waals surface area contributed by atoms with Crippen LogP contribution in [0, 0.1) is 0 Å². The topological polar surface area (TPSA) is 49.8 Å². The lowest BCUT2D eigenvalue weighted by molar-refractivity contribution is -0.0586. The first-order valence-corrected chi connectivity index (χ1v) is 7.21. The van der Waals surface area contributed by atoms with Crippen molar-refractivity contribution in [1.82, 2.24) is 4.90 Å². The molecule has 1 aliphatic heterocycles. The van der Waals surface area contributed by atoms with Gasteiger partial charge in [-0.3, -0.25) is 4.79 Å². The number of fused-ring (bicyclic) bond motifs is 1. The molecule has 0 spiro atoms. The van der Waals surface area contributed by atoms with E-state index in [0.29, 0.717) is 18.7 Å². The number of carbonyl (C=O) groups excluding carboxylic acids is 1. The lowest BCUT2D eigenvalue weighted by Gasteiger charge is -2.35. The first-order valence-electron chi connectivity index (χ1n) is 7.21. The summed E-state index contributed by atoms with van der Waals surface area (Å²) in [5.74, 6) is -0.106. The second-order valence-corrected chi connectivity index (χ2v) is 5.68. The molecule has 0 radical (unpaired) electrons. The highest BCUT2D eigenvalue weighted by Gasteiger charge is 2.28. The molecule has 0 aromatic heterocycles. The van der Waals surface area contributed by atoms with E-state index >= 15 is 0 Å². The van der Waals surface area contributed by atoms with Crippen molar-refractivity contribution in [3.05, 3.63) is 42.0 Å². The van der Waals surface area contributed by atoms with Gasteiger partial charge in [0, 0.05) is 13.1 Å². The van der Waals surface area contributed by atoms with Gasteiger partial charge >= 0.3 is 0 Å². The summed E-state index contributed by atoms with van der Waals surface area (Å²) in [6.07, 6.45) is 0.0283.